The molecule has 2 aliphatic rings. The van der Waals surface area contributed by atoms with Crippen LogP contribution in [0.3, 0.4) is 0 Å². The minimum absolute atomic E-state index is 0.162. The average Bonchev–Trinajstić information content (AvgIpc) is 2.73. The smallest absolute Gasteiger partial charge is 0.234 e. The van der Waals surface area contributed by atoms with Crippen LogP contribution < -0.4 is 16.0 Å². The number of nitrogens with one attached hydrogen (secondary N) is 3. The van der Waals surface area contributed by atoms with E-state index in [0.29, 0.717) is 12.8 Å². The van der Waals surface area contributed by atoms with Crippen LogP contribution >= 0.6 is 0 Å². The molecule has 2 amide bonds. The molecule has 5 nitrogen and oxygen atoms in total. The Balaban J connectivity index is 1.25. The highest BCUT2D eigenvalue weighted by Crippen LogP contribution is 2.26. The summed E-state index contributed by atoms with van der Waals surface area (Å²) in [5, 5.41) is 9.65. The first-order valence-electron chi connectivity index (χ1n) is 11.6. The molecule has 1 saturated carbocycles. The first-order chi connectivity index (χ1) is 14.2. The summed E-state index contributed by atoms with van der Waals surface area (Å²) in [6.07, 6.45) is 14.3. The number of anilines is 1. The van der Waals surface area contributed by atoms with E-state index in [4.69, 9.17) is 0 Å². The van der Waals surface area contributed by atoms with E-state index >= 15 is 0 Å². The standard InChI is InChI=1S/C24H37N3O2/c28-23-15-14-22(24(29)27-23)19-10-9-13-21(18-19)26-17-8-3-1-2-7-16-25-20-11-5-4-6-12-20/h9-10,13,18,20,22,25-26H,1-8,11-12,14-17H2,(H,27,28,29). The van der Waals surface area contributed by atoms with Crippen LogP contribution in [0.1, 0.15) is 88.5 Å². The van der Waals surface area contributed by atoms with Gasteiger partial charge in [0.25, 0.3) is 0 Å². The van der Waals surface area contributed by atoms with E-state index in [9.17, 15) is 9.59 Å². The highest BCUT2D eigenvalue weighted by Gasteiger charge is 2.27. The summed E-state index contributed by atoms with van der Waals surface area (Å²) < 4.78 is 0. The van der Waals surface area contributed by atoms with Crippen molar-refractivity contribution in [2.45, 2.75) is 89.0 Å². The number of imide groups is 1. The van der Waals surface area contributed by atoms with E-state index in [1.807, 2.05) is 18.2 Å². The predicted molar refractivity (Wildman–Crippen MR) is 118 cm³/mol. The van der Waals surface area contributed by atoms with Gasteiger partial charge in [-0.1, -0.05) is 50.7 Å². The topological polar surface area (TPSA) is 70.2 Å². The number of carbonyl (C=O) groups is 2. The van der Waals surface area contributed by atoms with Crippen LogP contribution in [-0.2, 0) is 9.59 Å². The molecule has 160 valence electrons. The molecule has 3 N–H and O–H groups in total. The number of benzene rings is 1. The van der Waals surface area contributed by atoms with E-state index in [2.05, 4.69) is 22.0 Å². The van der Waals surface area contributed by atoms with Gasteiger partial charge in [0.15, 0.2) is 0 Å². The van der Waals surface area contributed by atoms with Crippen molar-refractivity contribution in [1.29, 1.82) is 0 Å². The maximum Gasteiger partial charge on any atom is 0.234 e. The lowest BCUT2D eigenvalue weighted by atomic mass is 9.90. The van der Waals surface area contributed by atoms with E-state index in [0.717, 1.165) is 23.8 Å². The van der Waals surface area contributed by atoms with E-state index in [-0.39, 0.29) is 17.7 Å². The minimum atomic E-state index is -0.211. The molecule has 1 saturated heterocycles. The summed E-state index contributed by atoms with van der Waals surface area (Å²) in [7, 11) is 0. The molecule has 5 heteroatoms. The molecule has 0 spiro atoms. The molecular formula is C24H37N3O2. The fourth-order valence-corrected chi connectivity index (χ4v) is 4.50. The predicted octanol–water partition coefficient (Wildman–Crippen LogP) is 4.49. The molecule has 1 heterocycles. The Hall–Kier alpha value is -1.88. The number of rotatable bonds is 11. The van der Waals surface area contributed by atoms with Gasteiger partial charge >= 0.3 is 0 Å². The number of amides is 2. The van der Waals surface area contributed by atoms with Crippen molar-refractivity contribution in [3.63, 3.8) is 0 Å². The van der Waals surface area contributed by atoms with Crippen molar-refractivity contribution in [3.05, 3.63) is 29.8 Å². The average molecular weight is 400 g/mol. The van der Waals surface area contributed by atoms with Gasteiger partial charge in [0.1, 0.15) is 0 Å². The molecule has 0 bridgehead atoms. The molecule has 1 atom stereocenters. The Morgan fingerprint density at radius 3 is 2.45 bits per heavy atom. The zero-order valence-electron chi connectivity index (χ0n) is 17.7. The summed E-state index contributed by atoms with van der Waals surface area (Å²) in [5.41, 5.74) is 2.05. The molecular weight excluding hydrogens is 362 g/mol. The van der Waals surface area contributed by atoms with Gasteiger partial charge in [-0.15, -0.1) is 0 Å². The van der Waals surface area contributed by atoms with Crippen molar-refractivity contribution in [1.82, 2.24) is 10.6 Å². The van der Waals surface area contributed by atoms with Crippen molar-refractivity contribution >= 4 is 17.5 Å². The van der Waals surface area contributed by atoms with Crippen molar-refractivity contribution in [3.8, 4) is 0 Å². The molecule has 0 aromatic heterocycles. The SMILES string of the molecule is O=C1CCC(c2cccc(NCCCCCCCNC3CCCCC3)c2)C(=O)N1. The summed E-state index contributed by atoms with van der Waals surface area (Å²) in [4.78, 5) is 23.4. The maximum atomic E-state index is 12.1. The van der Waals surface area contributed by atoms with Gasteiger partial charge in [0.2, 0.25) is 11.8 Å². The lowest BCUT2D eigenvalue weighted by molar-refractivity contribution is -0.134. The number of hydrogen-bond donors (Lipinski definition) is 3. The Bertz CT molecular complexity index is 655. The molecule has 0 radical (unpaired) electrons. The maximum absolute atomic E-state index is 12.1. The van der Waals surface area contributed by atoms with E-state index in [1.165, 1.54) is 70.8 Å². The molecule has 29 heavy (non-hydrogen) atoms. The fraction of sp³-hybridized carbons (Fsp3) is 0.667. The number of carbonyl (C=O) groups excluding carboxylic acids is 2. The Labute approximate surface area is 175 Å². The second-order valence-corrected chi connectivity index (χ2v) is 8.61. The fourth-order valence-electron chi connectivity index (χ4n) is 4.50. The van der Waals surface area contributed by atoms with Crippen molar-refractivity contribution < 1.29 is 9.59 Å². The number of piperidine rings is 1. The van der Waals surface area contributed by atoms with Crippen LogP contribution in [0.25, 0.3) is 0 Å². The van der Waals surface area contributed by atoms with Crippen LogP contribution in [0.5, 0.6) is 0 Å². The molecule has 2 fully saturated rings. The van der Waals surface area contributed by atoms with Crippen LogP contribution in [0.2, 0.25) is 0 Å². The van der Waals surface area contributed by atoms with Gasteiger partial charge in [0.05, 0.1) is 5.92 Å². The molecule has 1 aromatic rings. The van der Waals surface area contributed by atoms with Gasteiger partial charge in [-0.25, -0.2) is 0 Å². The Kier molecular flexibility index (Phi) is 9.00. The quantitative estimate of drug-likeness (QED) is 0.379. The first kappa shape index (κ1) is 21.8. The van der Waals surface area contributed by atoms with E-state index < -0.39 is 0 Å². The number of hydrogen-bond acceptors (Lipinski definition) is 4. The van der Waals surface area contributed by atoms with Gasteiger partial charge in [0, 0.05) is 24.7 Å². The summed E-state index contributed by atoms with van der Waals surface area (Å²) >= 11 is 0. The monoisotopic (exact) mass is 399 g/mol. The molecule has 3 rings (SSSR count). The zero-order valence-corrected chi connectivity index (χ0v) is 17.7. The van der Waals surface area contributed by atoms with Crippen LogP contribution in [0.15, 0.2) is 24.3 Å². The molecule has 1 aliphatic heterocycles. The largest absolute Gasteiger partial charge is 0.385 e. The third-order valence-corrected chi connectivity index (χ3v) is 6.25. The lowest BCUT2D eigenvalue weighted by Crippen LogP contribution is -2.39. The van der Waals surface area contributed by atoms with Crippen LogP contribution in [-0.4, -0.2) is 30.9 Å². The third-order valence-electron chi connectivity index (χ3n) is 6.25. The van der Waals surface area contributed by atoms with Gasteiger partial charge in [-0.2, -0.15) is 0 Å². The van der Waals surface area contributed by atoms with Gasteiger partial charge < -0.3 is 10.6 Å². The third kappa shape index (κ3) is 7.46. The number of unbranched alkanes of at least 4 members (excludes halogenated alkanes) is 4. The second kappa shape index (κ2) is 12.0. The normalized spacial score (nSPS) is 20.5. The summed E-state index contributed by atoms with van der Waals surface area (Å²) in [6.45, 7) is 2.13. The Morgan fingerprint density at radius 1 is 0.897 bits per heavy atom. The van der Waals surface area contributed by atoms with Crippen molar-refractivity contribution in [2.24, 2.45) is 0 Å². The molecule has 1 aliphatic carbocycles. The highest BCUT2D eigenvalue weighted by atomic mass is 16.2. The zero-order chi connectivity index (χ0) is 20.3. The van der Waals surface area contributed by atoms with Gasteiger partial charge in [-0.3, -0.25) is 14.9 Å². The van der Waals surface area contributed by atoms with Gasteiger partial charge in [-0.05, 0) is 56.3 Å². The molecule has 1 unspecified atom stereocenters. The van der Waals surface area contributed by atoms with E-state index in [1.54, 1.807) is 0 Å². The van der Waals surface area contributed by atoms with Crippen LogP contribution in [0, 0.1) is 0 Å². The van der Waals surface area contributed by atoms with Crippen LogP contribution in [0.4, 0.5) is 5.69 Å². The highest BCUT2D eigenvalue weighted by molar-refractivity contribution is 6.01. The minimum Gasteiger partial charge on any atom is -0.385 e. The second-order valence-electron chi connectivity index (χ2n) is 8.61. The van der Waals surface area contributed by atoms with Crippen molar-refractivity contribution in [2.75, 3.05) is 18.4 Å². The summed E-state index contributed by atoms with van der Waals surface area (Å²) in [6, 6.07) is 8.85. The summed E-state index contributed by atoms with van der Waals surface area (Å²) in [5.74, 6) is -0.543. The lowest BCUT2D eigenvalue weighted by Gasteiger charge is -2.22. The first-order valence-corrected chi connectivity index (χ1v) is 11.6. The molecule has 1 aromatic carbocycles. The Morgan fingerprint density at radius 2 is 1.66 bits per heavy atom.